The van der Waals surface area contributed by atoms with Crippen molar-refractivity contribution in [1.82, 2.24) is 29.5 Å². The molecule has 2 fully saturated rings. The zero-order valence-electron chi connectivity index (χ0n) is 20.7. The van der Waals surface area contributed by atoms with Crippen molar-refractivity contribution in [2.24, 2.45) is 0 Å². The minimum atomic E-state index is 0.446. The number of likely N-dealkylation sites (tertiary alicyclic amines) is 1. The zero-order chi connectivity index (χ0) is 23.9. The van der Waals surface area contributed by atoms with Crippen LogP contribution in [0, 0.1) is 6.92 Å². The van der Waals surface area contributed by atoms with Gasteiger partial charge in [-0.05, 0) is 50.6 Å². The second-order valence-corrected chi connectivity index (χ2v) is 10.6. The van der Waals surface area contributed by atoms with Crippen LogP contribution in [-0.2, 0) is 17.8 Å². The minimum Gasteiger partial charge on any atom is -0.379 e. The molecule has 2 aromatic heterocycles. The summed E-state index contributed by atoms with van der Waals surface area (Å²) in [7, 11) is 0. The van der Waals surface area contributed by atoms with Crippen LogP contribution in [0.15, 0.2) is 53.7 Å². The first kappa shape index (κ1) is 24.4. The highest BCUT2D eigenvalue weighted by Gasteiger charge is 2.27. The van der Waals surface area contributed by atoms with Crippen molar-refractivity contribution in [3.05, 3.63) is 71.3 Å². The third kappa shape index (κ3) is 6.70. The van der Waals surface area contributed by atoms with E-state index in [1.807, 2.05) is 11.8 Å². The topological polar surface area (TPSA) is 59.3 Å². The quantitative estimate of drug-likeness (QED) is 0.421. The lowest BCUT2D eigenvalue weighted by Crippen LogP contribution is -2.37. The SMILES string of the molecule is Cc1cccc(CN2CCC(c3nnc(SCCN4CCOCC4)n3Cc3ccccc3)CC2)n1. The summed E-state index contributed by atoms with van der Waals surface area (Å²) in [5.41, 5.74) is 3.55. The number of rotatable bonds is 9. The van der Waals surface area contributed by atoms with Crippen molar-refractivity contribution >= 4 is 11.8 Å². The number of ether oxygens (including phenoxy) is 1. The Kier molecular flexibility index (Phi) is 8.46. The molecule has 2 saturated heterocycles. The highest BCUT2D eigenvalue weighted by Crippen LogP contribution is 2.30. The fraction of sp³-hybridized carbons (Fsp3) is 0.519. The Bertz CT molecular complexity index is 1060. The molecule has 0 amide bonds. The number of pyridine rings is 1. The van der Waals surface area contributed by atoms with Crippen LogP contribution in [0.4, 0.5) is 0 Å². The molecule has 0 radical (unpaired) electrons. The van der Waals surface area contributed by atoms with E-state index in [0.29, 0.717) is 5.92 Å². The Balaban J connectivity index is 1.24. The summed E-state index contributed by atoms with van der Waals surface area (Å²) < 4.78 is 7.86. The largest absolute Gasteiger partial charge is 0.379 e. The molecule has 0 spiro atoms. The van der Waals surface area contributed by atoms with E-state index in [1.54, 1.807) is 0 Å². The molecule has 0 saturated carbocycles. The Hall–Kier alpha value is -2.26. The summed E-state index contributed by atoms with van der Waals surface area (Å²) in [4.78, 5) is 9.69. The summed E-state index contributed by atoms with van der Waals surface area (Å²) >= 11 is 1.84. The van der Waals surface area contributed by atoms with Gasteiger partial charge in [-0.15, -0.1) is 10.2 Å². The van der Waals surface area contributed by atoms with Gasteiger partial charge < -0.3 is 9.30 Å². The van der Waals surface area contributed by atoms with E-state index in [0.717, 1.165) is 100.0 Å². The van der Waals surface area contributed by atoms with Gasteiger partial charge in [0.25, 0.3) is 0 Å². The number of hydrogen-bond donors (Lipinski definition) is 0. The average molecular weight is 493 g/mol. The molecule has 4 heterocycles. The number of piperidine rings is 1. The van der Waals surface area contributed by atoms with E-state index < -0.39 is 0 Å². The summed E-state index contributed by atoms with van der Waals surface area (Å²) in [6.07, 6.45) is 2.22. The molecule has 2 aliphatic heterocycles. The third-order valence-electron chi connectivity index (χ3n) is 6.96. The lowest BCUT2D eigenvalue weighted by atomic mass is 9.95. The average Bonchev–Trinajstić information content (AvgIpc) is 3.28. The van der Waals surface area contributed by atoms with Crippen LogP contribution >= 0.6 is 11.8 Å². The number of morpholine rings is 1. The van der Waals surface area contributed by atoms with Gasteiger partial charge in [0.2, 0.25) is 0 Å². The molecule has 0 bridgehead atoms. The summed E-state index contributed by atoms with van der Waals surface area (Å²) in [5.74, 6) is 2.62. The van der Waals surface area contributed by atoms with Crippen LogP contribution in [-0.4, -0.2) is 81.2 Å². The van der Waals surface area contributed by atoms with Gasteiger partial charge in [-0.2, -0.15) is 0 Å². The molecule has 5 rings (SSSR count). The van der Waals surface area contributed by atoms with Gasteiger partial charge in [0, 0.05) is 43.5 Å². The molecular weight excluding hydrogens is 456 g/mol. The van der Waals surface area contributed by atoms with Gasteiger partial charge in [-0.25, -0.2) is 0 Å². The monoisotopic (exact) mass is 492 g/mol. The van der Waals surface area contributed by atoms with E-state index >= 15 is 0 Å². The fourth-order valence-electron chi connectivity index (χ4n) is 4.98. The Morgan fingerprint density at radius 2 is 1.69 bits per heavy atom. The van der Waals surface area contributed by atoms with E-state index in [9.17, 15) is 0 Å². The standard InChI is InChI=1S/C27H36N6OS/c1-22-6-5-9-25(28-22)21-32-12-10-24(11-13-32)26-29-30-27(33(26)20-23-7-3-2-4-8-23)35-19-16-31-14-17-34-18-15-31/h2-9,24H,10-21H2,1H3. The molecular formula is C27H36N6OS. The predicted molar refractivity (Wildman–Crippen MR) is 140 cm³/mol. The molecule has 0 aliphatic carbocycles. The Morgan fingerprint density at radius 1 is 0.886 bits per heavy atom. The molecule has 0 atom stereocenters. The number of hydrogen-bond acceptors (Lipinski definition) is 7. The van der Waals surface area contributed by atoms with Crippen LogP contribution in [0.25, 0.3) is 0 Å². The van der Waals surface area contributed by atoms with E-state index in [1.165, 1.54) is 5.56 Å². The number of aryl methyl sites for hydroxylation is 1. The van der Waals surface area contributed by atoms with Crippen LogP contribution < -0.4 is 0 Å². The summed E-state index contributed by atoms with van der Waals surface area (Å²) in [6.45, 7) is 10.8. The molecule has 186 valence electrons. The molecule has 8 heteroatoms. The molecule has 0 unspecified atom stereocenters. The van der Waals surface area contributed by atoms with E-state index in [2.05, 4.69) is 79.9 Å². The smallest absolute Gasteiger partial charge is 0.191 e. The maximum absolute atomic E-state index is 5.48. The number of aromatic nitrogens is 4. The number of nitrogens with zero attached hydrogens (tertiary/aromatic N) is 6. The second-order valence-electron chi connectivity index (χ2n) is 9.54. The molecule has 35 heavy (non-hydrogen) atoms. The van der Waals surface area contributed by atoms with Crippen molar-refractivity contribution in [2.75, 3.05) is 51.7 Å². The lowest BCUT2D eigenvalue weighted by molar-refractivity contribution is 0.0410. The fourth-order valence-corrected chi connectivity index (χ4v) is 5.92. The number of thioether (sulfide) groups is 1. The molecule has 7 nitrogen and oxygen atoms in total. The highest BCUT2D eigenvalue weighted by molar-refractivity contribution is 7.99. The van der Waals surface area contributed by atoms with E-state index in [4.69, 9.17) is 9.84 Å². The predicted octanol–water partition coefficient (Wildman–Crippen LogP) is 3.83. The van der Waals surface area contributed by atoms with Gasteiger partial charge >= 0.3 is 0 Å². The van der Waals surface area contributed by atoms with Gasteiger partial charge in [-0.1, -0.05) is 48.2 Å². The van der Waals surface area contributed by atoms with Crippen molar-refractivity contribution in [3.63, 3.8) is 0 Å². The maximum Gasteiger partial charge on any atom is 0.191 e. The third-order valence-corrected chi connectivity index (χ3v) is 7.90. The first-order valence-electron chi connectivity index (χ1n) is 12.8. The minimum absolute atomic E-state index is 0.446. The molecule has 1 aromatic carbocycles. The first-order valence-corrected chi connectivity index (χ1v) is 13.8. The zero-order valence-corrected chi connectivity index (χ0v) is 21.5. The van der Waals surface area contributed by atoms with Gasteiger partial charge in [0.05, 0.1) is 25.5 Å². The highest BCUT2D eigenvalue weighted by atomic mass is 32.2. The van der Waals surface area contributed by atoms with Crippen molar-refractivity contribution in [2.45, 2.75) is 43.9 Å². The van der Waals surface area contributed by atoms with Crippen LogP contribution in [0.2, 0.25) is 0 Å². The Morgan fingerprint density at radius 3 is 2.46 bits per heavy atom. The van der Waals surface area contributed by atoms with E-state index in [-0.39, 0.29) is 0 Å². The van der Waals surface area contributed by atoms with Crippen molar-refractivity contribution in [1.29, 1.82) is 0 Å². The second kappa shape index (κ2) is 12.1. The van der Waals surface area contributed by atoms with Gasteiger partial charge in [0.1, 0.15) is 5.82 Å². The number of benzene rings is 1. The summed E-state index contributed by atoms with van der Waals surface area (Å²) in [6, 6.07) is 17.0. The van der Waals surface area contributed by atoms with Crippen molar-refractivity contribution < 1.29 is 4.74 Å². The molecule has 3 aromatic rings. The molecule has 2 aliphatic rings. The summed E-state index contributed by atoms with van der Waals surface area (Å²) in [5, 5.41) is 10.5. The lowest BCUT2D eigenvalue weighted by Gasteiger charge is -2.31. The van der Waals surface area contributed by atoms with Crippen LogP contribution in [0.5, 0.6) is 0 Å². The van der Waals surface area contributed by atoms with Crippen molar-refractivity contribution in [3.8, 4) is 0 Å². The normalized spacial score (nSPS) is 18.2. The molecule has 0 N–H and O–H groups in total. The first-order chi connectivity index (χ1) is 17.2. The van der Waals surface area contributed by atoms with Gasteiger partial charge in [-0.3, -0.25) is 14.8 Å². The van der Waals surface area contributed by atoms with Crippen LogP contribution in [0.1, 0.15) is 41.5 Å². The maximum atomic E-state index is 5.48. The van der Waals surface area contributed by atoms with Crippen LogP contribution in [0.3, 0.4) is 0 Å². The Labute approximate surface area is 212 Å². The van der Waals surface area contributed by atoms with Gasteiger partial charge in [0.15, 0.2) is 5.16 Å².